The van der Waals surface area contributed by atoms with Crippen molar-refractivity contribution in [1.29, 1.82) is 0 Å². The first-order valence-corrected chi connectivity index (χ1v) is 10.2. The van der Waals surface area contributed by atoms with Gasteiger partial charge in [-0.15, -0.1) is 0 Å². The third kappa shape index (κ3) is 3.33. The van der Waals surface area contributed by atoms with Crippen molar-refractivity contribution in [3.63, 3.8) is 0 Å². The Morgan fingerprint density at radius 1 is 0.906 bits per heavy atom. The van der Waals surface area contributed by atoms with E-state index in [1.807, 2.05) is 62.4 Å². The van der Waals surface area contributed by atoms with Gasteiger partial charge in [-0.25, -0.2) is 9.36 Å². The normalized spacial score (nSPS) is 11.2. The quantitative estimate of drug-likeness (QED) is 0.437. The van der Waals surface area contributed by atoms with Crippen molar-refractivity contribution < 1.29 is 4.52 Å². The highest BCUT2D eigenvalue weighted by molar-refractivity contribution is 5.78. The molecule has 0 unspecified atom stereocenters. The van der Waals surface area contributed by atoms with Crippen LogP contribution in [0.2, 0.25) is 0 Å². The van der Waals surface area contributed by atoms with E-state index < -0.39 is 5.69 Å². The highest BCUT2D eigenvalue weighted by Gasteiger charge is 2.18. The number of para-hydroxylation sites is 1. The van der Waals surface area contributed by atoms with E-state index in [0.717, 1.165) is 16.7 Å². The van der Waals surface area contributed by atoms with E-state index >= 15 is 0 Å². The lowest BCUT2D eigenvalue weighted by molar-refractivity contribution is 0.370. The summed E-state index contributed by atoms with van der Waals surface area (Å²) in [4.78, 5) is 31.3. The Kier molecular flexibility index (Phi) is 4.78. The van der Waals surface area contributed by atoms with Gasteiger partial charge in [-0.05, 0) is 43.2 Å². The minimum absolute atomic E-state index is 0.0460. The van der Waals surface area contributed by atoms with E-state index in [1.54, 1.807) is 24.3 Å². The standard InChI is InChI=1S/C25H20N4O3/c1-16-12-13-17(2)21(14-16)29-24(30)19-10-6-7-11-20(19)28(25(29)31)15-22-26-23(27-32-22)18-8-4-3-5-9-18/h3-14H,15H2,1-2H3. The molecular weight excluding hydrogens is 404 g/mol. The van der Waals surface area contributed by atoms with E-state index in [-0.39, 0.29) is 18.0 Å². The molecule has 0 aliphatic carbocycles. The molecule has 7 heteroatoms. The minimum Gasteiger partial charge on any atom is -0.337 e. The topological polar surface area (TPSA) is 82.9 Å². The smallest absolute Gasteiger partial charge is 0.336 e. The average molecular weight is 424 g/mol. The van der Waals surface area contributed by atoms with Gasteiger partial charge < -0.3 is 4.52 Å². The summed E-state index contributed by atoms with van der Waals surface area (Å²) in [5.41, 5.74) is 2.88. The van der Waals surface area contributed by atoms with Crippen LogP contribution in [0, 0.1) is 13.8 Å². The third-order valence-corrected chi connectivity index (χ3v) is 5.45. The molecule has 0 aliphatic rings. The molecule has 0 saturated carbocycles. The summed E-state index contributed by atoms with van der Waals surface area (Å²) in [6.07, 6.45) is 0. The van der Waals surface area contributed by atoms with Gasteiger partial charge in [-0.2, -0.15) is 4.98 Å². The predicted octanol–water partition coefficient (Wildman–Crippen LogP) is 3.87. The monoisotopic (exact) mass is 424 g/mol. The average Bonchev–Trinajstić information content (AvgIpc) is 3.28. The van der Waals surface area contributed by atoms with E-state index in [4.69, 9.17) is 4.52 Å². The van der Waals surface area contributed by atoms with Crippen molar-refractivity contribution in [2.45, 2.75) is 20.4 Å². The highest BCUT2D eigenvalue weighted by Crippen LogP contribution is 2.18. The summed E-state index contributed by atoms with van der Waals surface area (Å²) in [6.45, 7) is 3.85. The van der Waals surface area contributed by atoms with E-state index in [2.05, 4.69) is 10.1 Å². The summed E-state index contributed by atoms with van der Waals surface area (Å²) in [7, 11) is 0. The van der Waals surface area contributed by atoms with Gasteiger partial charge in [0.25, 0.3) is 5.56 Å². The molecule has 0 aliphatic heterocycles. The van der Waals surface area contributed by atoms with E-state index in [0.29, 0.717) is 22.4 Å². The van der Waals surface area contributed by atoms with Crippen LogP contribution >= 0.6 is 0 Å². The first-order chi connectivity index (χ1) is 15.5. The maximum absolute atomic E-state index is 13.6. The number of aryl methyl sites for hydroxylation is 2. The van der Waals surface area contributed by atoms with Crippen LogP contribution in [0.3, 0.4) is 0 Å². The molecule has 0 radical (unpaired) electrons. The molecule has 5 aromatic rings. The van der Waals surface area contributed by atoms with Crippen LogP contribution in [0.5, 0.6) is 0 Å². The zero-order chi connectivity index (χ0) is 22.2. The molecule has 2 aromatic heterocycles. The molecule has 0 saturated heterocycles. The summed E-state index contributed by atoms with van der Waals surface area (Å²) in [5.74, 6) is 0.725. The molecule has 0 fully saturated rings. The molecular formula is C25H20N4O3. The van der Waals surface area contributed by atoms with Gasteiger partial charge in [0.15, 0.2) is 0 Å². The summed E-state index contributed by atoms with van der Waals surface area (Å²) in [6, 6.07) is 22.2. The van der Waals surface area contributed by atoms with E-state index in [9.17, 15) is 9.59 Å². The summed E-state index contributed by atoms with van der Waals surface area (Å²) in [5, 5.41) is 4.49. The molecule has 0 spiro atoms. The minimum atomic E-state index is -0.457. The molecule has 0 atom stereocenters. The predicted molar refractivity (Wildman–Crippen MR) is 122 cm³/mol. The number of hydrogen-bond acceptors (Lipinski definition) is 5. The van der Waals surface area contributed by atoms with Gasteiger partial charge in [-0.1, -0.05) is 59.8 Å². The number of hydrogen-bond donors (Lipinski definition) is 0. The number of rotatable bonds is 4. The van der Waals surface area contributed by atoms with Crippen molar-refractivity contribution in [1.82, 2.24) is 19.3 Å². The van der Waals surface area contributed by atoms with Crippen LogP contribution in [0.4, 0.5) is 0 Å². The Morgan fingerprint density at radius 3 is 2.47 bits per heavy atom. The molecule has 0 bridgehead atoms. The van der Waals surface area contributed by atoms with Crippen molar-refractivity contribution in [3.05, 3.63) is 111 Å². The van der Waals surface area contributed by atoms with Crippen LogP contribution in [0.1, 0.15) is 17.0 Å². The molecule has 158 valence electrons. The van der Waals surface area contributed by atoms with Crippen molar-refractivity contribution in [2.24, 2.45) is 0 Å². The number of benzene rings is 3. The summed E-state index contributed by atoms with van der Waals surface area (Å²) >= 11 is 0. The zero-order valence-corrected chi connectivity index (χ0v) is 17.6. The second kappa shape index (κ2) is 7.77. The molecule has 0 N–H and O–H groups in total. The largest absolute Gasteiger partial charge is 0.337 e. The van der Waals surface area contributed by atoms with Crippen molar-refractivity contribution >= 4 is 10.9 Å². The maximum atomic E-state index is 13.6. The molecule has 32 heavy (non-hydrogen) atoms. The van der Waals surface area contributed by atoms with Gasteiger partial charge in [-0.3, -0.25) is 9.36 Å². The first-order valence-electron chi connectivity index (χ1n) is 10.2. The van der Waals surface area contributed by atoms with Crippen LogP contribution < -0.4 is 11.2 Å². The Hall–Kier alpha value is -4.26. The third-order valence-electron chi connectivity index (χ3n) is 5.45. The Bertz CT molecular complexity index is 1560. The van der Waals surface area contributed by atoms with Crippen LogP contribution in [0.25, 0.3) is 28.0 Å². The second-order valence-corrected chi connectivity index (χ2v) is 7.69. The van der Waals surface area contributed by atoms with E-state index in [1.165, 1.54) is 9.13 Å². The lowest BCUT2D eigenvalue weighted by Gasteiger charge is -2.14. The van der Waals surface area contributed by atoms with Crippen LogP contribution in [-0.4, -0.2) is 19.3 Å². The lowest BCUT2D eigenvalue weighted by Crippen LogP contribution is -2.39. The molecule has 2 heterocycles. The van der Waals surface area contributed by atoms with Crippen molar-refractivity contribution in [2.75, 3.05) is 0 Å². The Morgan fingerprint density at radius 2 is 1.66 bits per heavy atom. The van der Waals surface area contributed by atoms with Gasteiger partial charge in [0.05, 0.1) is 16.6 Å². The van der Waals surface area contributed by atoms with Crippen molar-refractivity contribution in [3.8, 4) is 17.1 Å². The number of aromatic nitrogens is 4. The van der Waals surface area contributed by atoms with Gasteiger partial charge in [0.1, 0.15) is 6.54 Å². The van der Waals surface area contributed by atoms with Crippen LogP contribution in [-0.2, 0) is 6.54 Å². The number of fused-ring (bicyclic) bond motifs is 1. The molecule has 3 aromatic carbocycles. The zero-order valence-electron chi connectivity index (χ0n) is 17.6. The molecule has 7 nitrogen and oxygen atoms in total. The fourth-order valence-corrected chi connectivity index (χ4v) is 3.81. The number of nitrogens with zero attached hydrogens (tertiary/aromatic N) is 4. The Balaban J connectivity index is 1.70. The SMILES string of the molecule is Cc1ccc(C)c(-n2c(=O)c3ccccc3n(Cc3nc(-c4ccccc4)no3)c2=O)c1. The van der Waals surface area contributed by atoms with Gasteiger partial charge in [0.2, 0.25) is 11.7 Å². The second-order valence-electron chi connectivity index (χ2n) is 7.69. The first kappa shape index (κ1) is 19.7. The fraction of sp³-hybridized carbons (Fsp3) is 0.120. The Labute approximate surface area is 183 Å². The fourth-order valence-electron chi connectivity index (χ4n) is 3.81. The molecule has 0 amide bonds. The maximum Gasteiger partial charge on any atom is 0.336 e. The molecule has 5 rings (SSSR count). The highest BCUT2D eigenvalue weighted by atomic mass is 16.5. The lowest BCUT2D eigenvalue weighted by atomic mass is 10.1. The van der Waals surface area contributed by atoms with Gasteiger partial charge >= 0.3 is 5.69 Å². The van der Waals surface area contributed by atoms with Gasteiger partial charge in [0, 0.05) is 5.56 Å². The summed E-state index contributed by atoms with van der Waals surface area (Å²) < 4.78 is 8.16. The van der Waals surface area contributed by atoms with Crippen LogP contribution in [0.15, 0.2) is 86.9 Å².